The maximum atomic E-state index is 12.9. The van der Waals surface area contributed by atoms with Gasteiger partial charge in [-0.05, 0) is 45.1 Å². The Bertz CT molecular complexity index is 486. The molecule has 0 bridgehead atoms. The lowest BCUT2D eigenvalue weighted by Gasteiger charge is -2.16. The Kier molecular flexibility index (Phi) is 3.56. The summed E-state index contributed by atoms with van der Waals surface area (Å²) in [6.07, 6.45) is 0. The maximum absolute atomic E-state index is 12.9. The first-order chi connectivity index (χ1) is 7.65. The van der Waals surface area contributed by atoms with Gasteiger partial charge in [-0.15, -0.1) is 11.3 Å². The molecule has 2 nitrogen and oxygen atoms in total. The molecule has 0 unspecified atom stereocenters. The molecular formula is C11H10BrFN2S. The summed E-state index contributed by atoms with van der Waals surface area (Å²) in [5.74, 6) is 0.193. The van der Waals surface area contributed by atoms with Gasteiger partial charge in [0.2, 0.25) is 5.95 Å². The third kappa shape index (κ3) is 2.80. The van der Waals surface area contributed by atoms with Gasteiger partial charge in [0.25, 0.3) is 0 Å². The molecule has 0 spiro atoms. The van der Waals surface area contributed by atoms with Crippen LogP contribution in [-0.4, -0.2) is 12.0 Å². The average Bonchev–Trinajstić information content (AvgIpc) is 2.64. The number of rotatable bonds is 3. The van der Waals surface area contributed by atoms with Gasteiger partial charge in [0.15, 0.2) is 0 Å². The molecule has 2 heterocycles. The molecular weight excluding hydrogens is 291 g/mol. The average molecular weight is 301 g/mol. The van der Waals surface area contributed by atoms with Gasteiger partial charge < -0.3 is 4.90 Å². The molecule has 84 valence electrons. The fraction of sp³-hybridized carbons (Fsp3) is 0.182. The Labute approximate surface area is 106 Å². The van der Waals surface area contributed by atoms with Crippen molar-refractivity contribution in [3.05, 3.63) is 44.9 Å². The fourth-order valence-electron chi connectivity index (χ4n) is 1.39. The topological polar surface area (TPSA) is 16.1 Å². The van der Waals surface area contributed by atoms with Crippen molar-refractivity contribution >= 4 is 33.1 Å². The number of pyridine rings is 1. The number of halogens is 2. The SMILES string of the molecule is CN(Cc1csc(Br)c1)c1cccc(F)n1. The molecule has 0 aliphatic heterocycles. The van der Waals surface area contributed by atoms with Crippen LogP contribution >= 0.6 is 27.3 Å². The Morgan fingerprint density at radius 1 is 1.50 bits per heavy atom. The lowest BCUT2D eigenvalue weighted by atomic mass is 10.3. The molecule has 5 heteroatoms. The lowest BCUT2D eigenvalue weighted by molar-refractivity contribution is 0.582. The summed E-state index contributed by atoms with van der Waals surface area (Å²) in [5.41, 5.74) is 1.19. The second-order valence-electron chi connectivity index (χ2n) is 3.43. The Hall–Kier alpha value is -0.940. The predicted molar refractivity (Wildman–Crippen MR) is 68.3 cm³/mol. The zero-order chi connectivity index (χ0) is 11.5. The number of nitrogens with zero attached hydrogens (tertiary/aromatic N) is 2. The van der Waals surface area contributed by atoms with Crippen LogP contribution in [0.25, 0.3) is 0 Å². The quantitative estimate of drug-likeness (QED) is 0.804. The molecule has 0 saturated carbocycles. The zero-order valence-corrected chi connectivity index (χ0v) is 11.1. The minimum Gasteiger partial charge on any atom is -0.355 e. The van der Waals surface area contributed by atoms with E-state index in [9.17, 15) is 4.39 Å². The number of hydrogen-bond donors (Lipinski definition) is 0. The molecule has 0 aliphatic carbocycles. The molecule has 0 saturated heterocycles. The van der Waals surface area contributed by atoms with Crippen LogP contribution in [0.2, 0.25) is 0 Å². The van der Waals surface area contributed by atoms with Crippen molar-refractivity contribution in [1.29, 1.82) is 0 Å². The van der Waals surface area contributed by atoms with E-state index in [0.29, 0.717) is 5.82 Å². The van der Waals surface area contributed by atoms with Crippen LogP contribution in [0.4, 0.5) is 10.2 Å². The zero-order valence-electron chi connectivity index (χ0n) is 8.65. The molecule has 2 rings (SSSR count). The van der Waals surface area contributed by atoms with E-state index in [-0.39, 0.29) is 0 Å². The second kappa shape index (κ2) is 4.93. The van der Waals surface area contributed by atoms with E-state index < -0.39 is 5.95 Å². The molecule has 0 N–H and O–H groups in total. The molecule has 0 radical (unpaired) electrons. The highest BCUT2D eigenvalue weighted by Gasteiger charge is 2.05. The van der Waals surface area contributed by atoms with Crippen molar-refractivity contribution in [2.45, 2.75) is 6.54 Å². The third-order valence-electron chi connectivity index (χ3n) is 2.13. The summed E-state index contributed by atoms with van der Waals surface area (Å²) in [7, 11) is 1.90. The Morgan fingerprint density at radius 3 is 2.94 bits per heavy atom. The minimum atomic E-state index is -0.448. The summed E-state index contributed by atoms with van der Waals surface area (Å²) >= 11 is 5.05. The van der Waals surface area contributed by atoms with Crippen molar-refractivity contribution < 1.29 is 4.39 Å². The van der Waals surface area contributed by atoms with Gasteiger partial charge in [-0.3, -0.25) is 0 Å². The van der Waals surface area contributed by atoms with Gasteiger partial charge in [0.05, 0.1) is 3.79 Å². The van der Waals surface area contributed by atoms with Crippen LogP contribution in [-0.2, 0) is 6.54 Å². The minimum absolute atomic E-state index is 0.448. The molecule has 2 aromatic heterocycles. The van der Waals surface area contributed by atoms with Crippen LogP contribution in [0.3, 0.4) is 0 Å². The number of anilines is 1. The van der Waals surface area contributed by atoms with E-state index >= 15 is 0 Å². The molecule has 0 fully saturated rings. The summed E-state index contributed by atoms with van der Waals surface area (Å²) in [6.45, 7) is 0.721. The third-order valence-corrected chi connectivity index (χ3v) is 3.69. The highest BCUT2D eigenvalue weighted by Crippen LogP contribution is 2.22. The van der Waals surface area contributed by atoms with Crippen LogP contribution in [0.5, 0.6) is 0 Å². The highest BCUT2D eigenvalue weighted by atomic mass is 79.9. The van der Waals surface area contributed by atoms with E-state index in [1.807, 2.05) is 11.9 Å². The van der Waals surface area contributed by atoms with E-state index in [1.54, 1.807) is 23.5 Å². The number of hydrogen-bond acceptors (Lipinski definition) is 3. The smallest absolute Gasteiger partial charge is 0.214 e. The van der Waals surface area contributed by atoms with Crippen molar-refractivity contribution in [3.8, 4) is 0 Å². The first-order valence-corrected chi connectivity index (χ1v) is 6.39. The van der Waals surface area contributed by atoms with Crippen LogP contribution in [0.15, 0.2) is 33.4 Å². The molecule has 0 atom stereocenters. The Balaban J connectivity index is 2.11. The number of aromatic nitrogens is 1. The van der Waals surface area contributed by atoms with Gasteiger partial charge in [0.1, 0.15) is 5.82 Å². The van der Waals surface area contributed by atoms with Crippen LogP contribution < -0.4 is 4.90 Å². The molecule has 0 aromatic carbocycles. The van der Waals surface area contributed by atoms with Gasteiger partial charge in [-0.2, -0.15) is 4.39 Å². The van der Waals surface area contributed by atoms with Crippen molar-refractivity contribution in [2.75, 3.05) is 11.9 Å². The van der Waals surface area contributed by atoms with Crippen molar-refractivity contribution in [1.82, 2.24) is 4.98 Å². The first-order valence-electron chi connectivity index (χ1n) is 4.72. The fourth-order valence-corrected chi connectivity index (χ4v) is 2.59. The van der Waals surface area contributed by atoms with E-state index in [4.69, 9.17) is 0 Å². The van der Waals surface area contributed by atoms with E-state index in [0.717, 1.165) is 10.3 Å². The molecule has 0 amide bonds. The normalized spacial score (nSPS) is 10.4. The van der Waals surface area contributed by atoms with Gasteiger partial charge in [0, 0.05) is 13.6 Å². The first kappa shape index (κ1) is 11.5. The maximum Gasteiger partial charge on any atom is 0.214 e. The highest BCUT2D eigenvalue weighted by molar-refractivity contribution is 9.11. The predicted octanol–water partition coefficient (Wildman–Crippen LogP) is 3.68. The van der Waals surface area contributed by atoms with Crippen molar-refractivity contribution in [3.63, 3.8) is 0 Å². The monoisotopic (exact) mass is 300 g/mol. The lowest BCUT2D eigenvalue weighted by Crippen LogP contribution is -2.17. The molecule has 2 aromatic rings. The van der Waals surface area contributed by atoms with Crippen molar-refractivity contribution in [2.24, 2.45) is 0 Å². The summed E-state index contributed by atoms with van der Waals surface area (Å²) < 4.78 is 14.0. The van der Waals surface area contributed by atoms with Crippen LogP contribution in [0.1, 0.15) is 5.56 Å². The molecule has 16 heavy (non-hydrogen) atoms. The summed E-state index contributed by atoms with van der Waals surface area (Å²) in [4.78, 5) is 5.74. The summed E-state index contributed by atoms with van der Waals surface area (Å²) in [6, 6.07) is 6.86. The van der Waals surface area contributed by atoms with Gasteiger partial charge >= 0.3 is 0 Å². The van der Waals surface area contributed by atoms with Gasteiger partial charge in [-0.25, -0.2) is 4.98 Å². The van der Waals surface area contributed by atoms with E-state index in [2.05, 4.69) is 32.4 Å². The van der Waals surface area contributed by atoms with Crippen LogP contribution in [0, 0.1) is 5.95 Å². The summed E-state index contributed by atoms with van der Waals surface area (Å²) in [5, 5.41) is 2.07. The largest absolute Gasteiger partial charge is 0.355 e. The molecule has 0 aliphatic rings. The second-order valence-corrected chi connectivity index (χ2v) is 5.72. The van der Waals surface area contributed by atoms with E-state index in [1.165, 1.54) is 11.6 Å². The number of thiophene rings is 1. The standard InChI is InChI=1S/C11H10BrFN2S/c1-15(6-8-5-9(12)16-7-8)11-4-2-3-10(13)14-11/h2-5,7H,6H2,1H3. The van der Waals surface area contributed by atoms with Gasteiger partial charge in [-0.1, -0.05) is 6.07 Å². The Morgan fingerprint density at radius 2 is 2.31 bits per heavy atom.